The van der Waals surface area contributed by atoms with Gasteiger partial charge < -0.3 is 36.6 Å². The fourth-order valence-corrected chi connectivity index (χ4v) is 6.22. The zero-order valence-electron chi connectivity index (χ0n) is 33.8. The maximum atomic E-state index is 12.4. The van der Waals surface area contributed by atoms with Gasteiger partial charge in [-0.05, 0) is 61.4 Å². The third kappa shape index (κ3) is 14.8. The van der Waals surface area contributed by atoms with E-state index < -0.39 is 17.8 Å². The first-order valence-electron chi connectivity index (χ1n) is 18.9. The molecule has 4 aromatic rings. The second kappa shape index (κ2) is 23.5. The van der Waals surface area contributed by atoms with Gasteiger partial charge in [-0.3, -0.25) is 23.7 Å². The van der Waals surface area contributed by atoms with Crippen LogP contribution < -0.4 is 16.8 Å². The Labute approximate surface area is 349 Å². The Bertz CT molecular complexity index is 2020. The number of carbonyl (C=O) groups is 4. The van der Waals surface area contributed by atoms with Crippen LogP contribution in [0.5, 0.6) is 0 Å². The average molecular weight is 813 g/mol. The van der Waals surface area contributed by atoms with Crippen molar-refractivity contribution in [2.75, 3.05) is 67.5 Å². The van der Waals surface area contributed by atoms with Crippen LogP contribution in [-0.2, 0) is 9.59 Å². The van der Waals surface area contributed by atoms with Crippen LogP contribution in [0.15, 0.2) is 85.2 Å². The SMILES string of the molecule is C.C.CN(C)C/C=C/C(=O)O.Cc1ccc(-c2nn(C3CCN(C(=O)/C=C/CN(C)C)C3)cc2C(N)=O)cc1.Cc1ccc(-c2nn(C3CCNC3)cc2C(N)=O)cc1. The van der Waals surface area contributed by atoms with Gasteiger partial charge in [0.1, 0.15) is 11.4 Å². The minimum absolute atomic E-state index is 0. The molecule has 0 saturated carbocycles. The molecule has 6 N–H and O–H groups in total. The summed E-state index contributed by atoms with van der Waals surface area (Å²) in [6, 6.07) is 16.1. The second-order valence-electron chi connectivity index (χ2n) is 14.7. The van der Waals surface area contributed by atoms with Crippen molar-refractivity contribution in [1.29, 1.82) is 0 Å². The van der Waals surface area contributed by atoms with Crippen LogP contribution in [0.4, 0.5) is 0 Å². The summed E-state index contributed by atoms with van der Waals surface area (Å²) in [5.74, 6) is -1.82. The molecule has 2 aromatic carbocycles. The largest absolute Gasteiger partial charge is 0.478 e. The Balaban J connectivity index is 0.000000338. The highest BCUT2D eigenvalue weighted by Crippen LogP contribution is 2.28. The lowest BCUT2D eigenvalue weighted by atomic mass is 10.1. The molecule has 2 unspecified atom stereocenters. The van der Waals surface area contributed by atoms with Gasteiger partial charge in [-0.2, -0.15) is 10.2 Å². The van der Waals surface area contributed by atoms with Crippen LogP contribution >= 0.6 is 0 Å². The average Bonchev–Trinajstić information content (AvgIpc) is 3.99. The molecular weight excluding hydrogens is 749 g/mol. The molecule has 2 aliphatic rings. The van der Waals surface area contributed by atoms with Crippen molar-refractivity contribution in [3.63, 3.8) is 0 Å². The van der Waals surface area contributed by atoms with Gasteiger partial charge in [0.25, 0.3) is 11.8 Å². The van der Waals surface area contributed by atoms with E-state index in [1.807, 2.05) is 116 Å². The van der Waals surface area contributed by atoms with E-state index in [9.17, 15) is 19.2 Å². The first kappa shape index (κ1) is 49.2. The van der Waals surface area contributed by atoms with Gasteiger partial charge in [0.2, 0.25) is 5.91 Å². The Morgan fingerprint density at radius 3 is 1.61 bits per heavy atom. The molecule has 15 nitrogen and oxygen atoms in total. The quantitative estimate of drug-likeness (QED) is 0.144. The van der Waals surface area contributed by atoms with E-state index >= 15 is 0 Å². The highest BCUT2D eigenvalue weighted by atomic mass is 16.4. The number of aliphatic carboxylic acids is 1. The molecule has 2 aromatic heterocycles. The van der Waals surface area contributed by atoms with Gasteiger partial charge in [-0.15, -0.1) is 0 Å². The van der Waals surface area contributed by atoms with Crippen LogP contribution in [-0.4, -0.2) is 131 Å². The van der Waals surface area contributed by atoms with Gasteiger partial charge >= 0.3 is 5.97 Å². The van der Waals surface area contributed by atoms with Gasteiger partial charge in [-0.1, -0.05) is 86.7 Å². The summed E-state index contributed by atoms with van der Waals surface area (Å²) >= 11 is 0. The predicted molar refractivity (Wildman–Crippen MR) is 235 cm³/mol. The van der Waals surface area contributed by atoms with Crippen molar-refractivity contribution in [1.82, 2.24) is 39.6 Å². The molecule has 4 heterocycles. The fraction of sp³-hybridized carbons (Fsp3) is 0.409. The summed E-state index contributed by atoms with van der Waals surface area (Å²) in [7, 11) is 7.68. The Kier molecular flexibility index (Phi) is 19.6. The lowest BCUT2D eigenvalue weighted by Crippen LogP contribution is -2.27. The molecule has 320 valence electrons. The van der Waals surface area contributed by atoms with Crippen LogP contribution in [0, 0.1) is 13.8 Å². The number of carboxylic acids is 1. The number of aromatic nitrogens is 4. The first-order valence-corrected chi connectivity index (χ1v) is 18.9. The molecule has 0 bridgehead atoms. The predicted octanol–water partition coefficient (Wildman–Crippen LogP) is 4.80. The van der Waals surface area contributed by atoms with E-state index in [4.69, 9.17) is 16.6 Å². The Hall–Kier alpha value is -5.90. The monoisotopic (exact) mass is 813 g/mol. The number of hydrogen-bond acceptors (Lipinski definition) is 9. The van der Waals surface area contributed by atoms with Gasteiger partial charge in [-0.25, -0.2) is 4.79 Å². The smallest absolute Gasteiger partial charge is 0.328 e. The zero-order valence-corrected chi connectivity index (χ0v) is 33.8. The topological polar surface area (TPSA) is 198 Å². The number of rotatable bonds is 12. The van der Waals surface area contributed by atoms with E-state index in [-0.39, 0.29) is 26.8 Å². The number of aryl methyl sites for hydroxylation is 2. The molecule has 0 radical (unpaired) electrons. The zero-order chi connectivity index (χ0) is 41.6. The number of nitrogens with zero attached hydrogens (tertiary/aromatic N) is 7. The van der Waals surface area contributed by atoms with Crippen LogP contribution in [0.25, 0.3) is 22.5 Å². The lowest BCUT2D eigenvalue weighted by molar-refractivity contribution is -0.131. The van der Waals surface area contributed by atoms with Gasteiger partial charge in [0.15, 0.2) is 0 Å². The number of hydrogen-bond donors (Lipinski definition) is 4. The van der Waals surface area contributed by atoms with E-state index in [1.165, 1.54) is 5.56 Å². The van der Waals surface area contributed by atoms with Crippen LogP contribution in [0.2, 0.25) is 0 Å². The number of likely N-dealkylation sites (N-methyl/N-ethyl adjacent to an activating group) is 2. The van der Waals surface area contributed by atoms with E-state index in [1.54, 1.807) is 29.2 Å². The highest BCUT2D eigenvalue weighted by molar-refractivity contribution is 5.99. The van der Waals surface area contributed by atoms with Crippen molar-refractivity contribution in [2.45, 2.75) is 53.6 Å². The molecule has 2 saturated heterocycles. The van der Waals surface area contributed by atoms with Gasteiger partial charge in [0, 0.05) is 68.4 Å². The highest BCUT2D eigenvalue weighted by Gasteiger charge is 2.29. The first-order chi connectivity index (χ1) is 27.1. The number of amides is 3. The molecule has 15 heteroatoms. The minimum atomic E-state index is -0.892. The molecule has 3 amide bonds. The summed E-state index contributed by atoms with van der Waals surface area (Å²) in [6.45, 7) is 8.54. The number of carboxylic acid groups (broad SMARTS) is 1. The molecular formula is C44H64N10O5. The Morgan fingerprint density at radius 2 is 1.20 bits per heavy atom. The standard InChI is InChI=1S/C21H27N5O2.C15H18N4O.C6H11NO2.2CH4/c1-15-6-8-16(9-7-15)20-18(21(22)28)14-26(23-20)17-10-12-25(13-17)19(27)5-4-11-24(2)3;1-10-2-4-11(5-3-10)14-13(15(16)20)9-19(18-14)12-6-7-17-8-12;1-7(2)5-3-4-6(8)9;;/h4-9,14,17H,10-13H2,1-3H3,(H2,22,28);2-5,9,12,17H,6-8H2,1H3,(H2,16,20);3-4H,5H2,1-2H3,(H,8,9);2*1H4/b5-4+;;4-3+;;. The van der Waals surface area contributed by atoms with Crippen molar-refractivity contribution in [2.24, 2.45) is 11.5 Å². The number of carbonyl (C=O) groups excluding carboxylic acids is 3. The van der Waals surface area contributed by atoms with Crippen molar-refractivity contribution < 1.29 is 24.3 Å². The summed E-state index contributed by atoms with van der Waals surface area (Å²) in [4.78, 5) is 51.5. The maximum Gasteiger partial charge on any atom is 0.328 e. The number of primary amides is 2. The minimum Gasteiger partial charge on any atom is -0.478 e. The number of nitrogens with two attached hydrogens (primary N) is 2. The maximum absolute atomic E-state index is 12.4. The summed E-state index contributed by atoms with van der Waals surface area (Å²) in [6.07, 6.45) is 11.5. The fourth-order valence-electron chi connectivity index (χ4n) is 6.22. The van der Waals surface area contributed by atoms with Crippen molar-refractivity contribution >= 4 is 23.7 Å². The third-order valence-corrected chi connectivity index (χ3v) is 9.36. The number of likely N-dealkylation sites (tertiary alicyclic amines) is 1. The summed E-state index contributed by atoms with van der Waals surface area (Å²) in [5, 5.41) is 20.7. The second-order valence-corrected chi connectivity index (χ2v) is 14.7. The molecule has 59 heavy (non-hydrogen) atoms. The van der Waals surface area contributed by atoms with Crippen molar-refractivity contribution in [3.05, 3.63) is 107 Å². The Morgan fingerprint density at radius 1 is 0.746 bits per heavy atom. The molecule has 0 spiro atoms. The number of nitrogens with one attached hydrogen (secondary N) is 1. The van der Waals surface area contributed by atoms with E-state index in [0.29, 0.717) is 48.2 Å². The van der Waals surface area contributed by atoms with E-state index in [0.717, 1.165) is 55.2 Å². The van der Waals surface area contributed by atoms with Gasteiger partial charge in [0.05, 0.1) is 23.2 Å². The summed E-state index contributed by atoms with van der Waals surface area (Å²) in [5.41, 5.74) is 17.3. The van der Waals surface area contributed by atoms with E-state index in [2.05, 4.69) is 15.5 Å². The van der Waals surface area contributed by atoms with Crippen LogP contribution in [0.3, 0.4) is 0 Å². The number of benzene rings is 2. The lowest BCUT2D eigenvalue weighted by Gasteiger charge is -2.15. The van der Waals surface area contributed by atoms with Crippen LogP contribution in [0.1, 0.15) is 71.6 Å². The third-order valence-electron chi connectivity index (χ3n) is 9.36. The molecule has 2 fully saturated rings. The summed E-state index contributed by atoms with van der Waals surface area (Å²) < 4.78 is 3.65. The molecule has 0 aliphatic carbocycles. The van der Waals surface area contributed by atoms with Crippen molar-refractivity contribution in [3.8, 4) is 22.5 Å². The molecule has 6 rings (SSSR count). The molecule has 2 atom stereocenters. The normalized spacial score (nSPS) is 16.0. The molecule has 2 aliphatic heterocycles.